The summed E-state index contributed by atoms with van der Waals surface area (Å²) >= 11 is 1.23. The zero-order valence-corrected chi connectivity index (χ0v) is 19.6. The van der Waals surface area contributed by atoms with Crippen molar-refractivity contribution in [2.24, 2.45) is 0 Å². The number of thioether (sulfide) groups is 1. The summed E-state index contributed by atoms with van der Waals surface area (Å²) in [5.74, 6) is 0.258. The summed E-state index contributed by atoms with van der Waals surface area (Å²) in [5, 5.41) is 7.21. The summed E-state index contributed by atoms with van der Waals surface area (Å²) < 4.78 is 33.7. The van der Waals surface area contributed by atoms with Gasteiger partial charge < -0.3 is 10.1 Å². The maximum Gasteiger partial charge on any atom is 0.253 e. The van der Waals surface area contributed by atoms with Gasteiger partial charge in [0.15, 0.2) is 0 Å². The van der Waals surface area contributed by atoms with E-state index in [1.165, 1.54) is 28.2 Å². The van der Waals surface area contributed by atoms with Crippen molar-refractivity contribution in [3.63, 3.8) is 0 Å². The SMILES string of the molecule is Cc1cc(C)n2nc(SC(C)C(=O)Nc3ccc(S(=O)(=O)N4CCOCC4)cc3)nc2n1. The first kappa shape index (κ1) is 22.6. The van der Waals surface area contributed by atoms with Crippen LogP contribution in [0.25, 0.3) is 5.78 Å². The average molecular weight is 477 g/mol. The molecule has 1 unspecified atom stereocenters. The van der Waals surface area contributed by atoms with E-state index in [2.05, 4.69) is 20.4 Å². The third-order valence-electron chi connectivity index (χ3n) is 4.98. The van der Waals surface area contributed by atoms with E-state index in [9.17, 15) is 13.2 Å². The van der Waals surface area contributed by atoms with Crippen LogP contribution in [-0.4, -0.2) is 69.8 Å². The molecule has 3 heterocycles. The predicted molar refractivity (Wildman–Crippen MR) is 120 cm³/mol. The molecule has 2 aromatic heterocycles. The van der Waals surface area contributed by atoms with Crippen molar-refractivity contribution in [3.05, 3.63) is 41.7 Å². The Kier molecular flexibility index (Phi) is 6.47. The lowest BCUT2D eigenvalue weighted by Gasteiger charge is -2.26. The Morgan fingerprint density at radius 1 is 1.16 bits per heavy atom. The topological polar surface area (TPSA) is 119 Å². The highest BCUT2D eigenvalue weighted by Gasteiger charge is 2.26. The van der Waals surface area contributed by atoms with Crippen LogP contribution in [0, 0.1) is 13.8 Å². The molecule has 1 aliphatic rings. The molecule has 1 aromatic carbocycles. The molecule has 3 aromatic rings. The monoisotopic (exact) mass is 476 g/mol. The first-order valence-corrected chi connectivity index (χ1v) is 12.4. The molecule has 0 saturated carbocycles. The van der Waals surface area contributed by atoms with Crippen LogP contribution in [0.3, 0.4) is 0 Å². The van der Waals surface area contributed by atoms with Crippen LogP contribution in [0.5, 0.6) is 0 Å². The molecule has 10 nitrogen and oxygen atoms in total. The highest BCUT2D eigenvalue weighted by atomic mass is 32.2. The maximum atomic E-state index is 12.7. The molecule has 12 heteroatoms. The minimum atomic E-state index is -3.57. The highest BCUT2D eigenvalue weighted by molar-refractivity contribution is 8.00. The molecular formula is C20H24N6O4S2. The summed E-state index contributed by atoms with van der Waals surface area (Å²) in [7, 11) is -3.57. The van der Waals surface area contributed by atoms with Gasteiger partial charge in [-0.05, 0) is 51.1 Å². The number of rotatable bonds is 6. The van der Waals surface area contributed by atoms with Crippen LogP contribution in [0.15, 0.2) is 40.4 Å². The molecule has 1 atom stereocenters. The molecule has 1 N–H and O–H groups in total. The van der Waals surface area contributed by atoms with Gasteiger partial charge >= 0.3 is 0 Å². The molecular weight excluding hydrogens is 452 g/mol. The second-order valence-corrected chi connectivity index (χ2v) is 10.7. The number of sulfonamides is 1. The highest BCUT2D eigenvalue weighted by Crippen LogP contribution is 2.23. The molecule has 4 rings (SSSR count). The molecule has 0 bridgehead atoms. The molecule has 1 amide bonds. The van der Waals surface area contributed by atoms with Crippen molar-refractivity contribution >= 4 is 39.2 Å². The molecule has 0 radical (unpaired) electrons. The summed E-state index contributed by atoms with van der Waals surface area (Å²) in [6.45, 7) is 7.02. The summed E-state index contributed by atoms with van der Waals surface area (Å²) in [6.07, 6.45) is 0. The number of amides is 1. The smallest absolute Gasteiger partial charge is 0.253 e. The Balaban J connectivity index is 1.40. The van der Waals surface area contributed by atoms with Gasteiger partial charge in [0.2, 0.25) is 21.1 Å². The summed E-state index contributed by atoms with van der Waals surface area (Å²) in [6, 6.07) is 8.08. The summed E-state index contributed by atoms with van der Waals surface area (Å²) in [5.41, 5.74) is 2.28. The lowest BCUT2D eigenvalue weighted by atomic mass is 10.3. The van der Waals surface area contributed by atoms with E-state index in [4.69, 9.17) is 4.74 Å². The number of ether oxygens (including phenoxy) is 1. The molecule has 170 valence electrons. The maximum absolute atomic E-state index is 12.7. The molecule has 1 fully saturated rings. The minimum Gasteiger partial charge on any atom is -0.379 e. The average Bonchev–Trinajstić information content (AvgIpc) is 3.17. The number of hydrogen-bond donors (Lipinski definition) is 1. The number of anilines is 1. The first-order valence-electron chi connectivity index (χ1n) is 10.1. The van der Waals surface area contributed by atoms with Gasteiger partial charge in [-0.25, -0.2) is 17.9 Å². The predicted octanol–water partition coefficient (Wildman–Crippen LogP) is 1.88. The number of nitrogens with one attached hydrogen (secondary N) is 1. The number of fused-ring (bicyclic) bond motifs is 1. The van der Waals surface area contributed by atoms with Crippen LogP contribution in [0.2, 0.25) is 0 Å². The van der Waals surface area contributed by atoms with E-state index in [1.54, 1.807) is 23.6 Å². The van der Waals surface area contributed by atoms with Crippen LogP contribution in [0.4, 0.5) is 5.69 Å². The van der Waals surface area contributed by atoms with E-state index in [0.29, 0.717) is 42.9 Å². The van der Waals surface area contributed by atoms with Gasteiger partial charge in [-0.15, -0.1) is 5.10 Å². The largest absolute Gasteiger partial charge is 0.379 e. The van der Waals surface area contributed by atoms with Gasteiger partial charge in [-0.1, -0.05) is 11.8 Å². The van der Waals surface area contributed by atoms with E-state index >= 15 is 0 Å². The molecule has 0 spiro atoms. The number of morpholine rings is 1. The quantitative estimate of drug-likeness (QED) is 0.536. The van der Waals surface area contributed by atoms with Crippen molar-refractivity contribution in [3.8, 4) is 0 Å². The zero-order chi connectivity index (χ0) is 22.9. The molecule has 1 aliphatic heterocycles. The number of nitrogens with zero attached hydrogens (tertiary/aromatic N) is 5. The van der Waals surface area contributed by atoms with Gasteiger partial charge in [-0.2, -0.15) is 9.29 Å². The number of carbonyl (C=O) groups excluding carboxylic acids is 1. The third-order valence-corrected chi connectivity index (χ3v) is 7.84. The zero-order valence-electron chi connectivity index (χ0n) is 18.0. The Labute approximate surface area is 190 Å². The number of hydrogen-bond acceptors (Lipinski definition) is 8. The first-order chi connectivity index (χ1) is 15.2. The Morgan fingerprint density at radius 3 is 2.53 bits per heavy atom. The minimum absolute atomic E-state index is 0.187. The van der Waals surface area contributed by atoms with Gasteiger partial charge in [0.1, 0.15) is 0 Å². The second-order valence-electron chi connectivity index (χ2n) is 7.44. The van der Waals surface area contributed by atoms with Crippen LogP contribution >= 0.6 is 11.8 Å². The molecule has 32 heavy (non-hydrogen) atoms. The van der Waals surface area contributed by atoms with Crippen molar-refractivity contribution < 1.29 is 17.9 Å². The second kappa shape index (κ2) is 9.14. The number of benzene rings is 1. The Hall–Kier alpha value is -2.54. The number of aromatic nitrogens is 4. The lowest BCUT2D eigenvalue weighted by molar-refractivity contribution is -0.115. The van der Waals surface area contributed by atoms with Gasteiger partial charge in [-0.3, -0.25) is 4.79 Å². The van der Waals surface area contributed by atoms with Crippen molar-refractivity contribution in [2.45, 2.75) is 36.1 Å². The third kappa shape index (κ3) is 4.77. The molecule has 1 saturated heterocycles. The fourth-order valence-corrected chi connectivity index (χ4v) is 5.45. The fraction of sp³-hybridized carbons (Fsp3) is 0.400. The molecule has 0 aliphatic carbocycles. The Bertz CT molecular complexity index is 1240. The van der Waals surface area contributed by atoms with Gasteiger partial charge in [0.05, 0.1) is 23.4 Å². The number of carbonyl (C=O) groups is 1. The standard InChI is InChI=1S/C20H24N6O4S2/c1-13-12-14(2)26-19(21-13)23-20(24-26)31-15(3)18(27)22-16-4-6-17(7-5-16)32(28,29)25-8-10-30-11-9-25/h4-7,12,15H,8-11H2,1-3H3,(H,22,27). The Morgan fingerprint density at radius 2 is 1.84 bits per heavy atom. The van der Waals surface area contributed by atoms with Crippen molar-refractivity contribution in [2.75, 3.05) is 31.6 Å². The summed E-state index contributed by atoms with van der Waals surface area (Å²) in [4.78, 5) is 21.6. The van der Waals surface area contributed by atoms with E-state index in [1.807, 2.05) is 19.9 Å². The lowest BCUT2D eigenvalue weighted by Crippen LogP contribution is -2.40. The van der Waals surface area contributed by atoms with E-state index in [0.717, 1.165) is 11.4 Å². The van der Waals surface area contributed by atoms with Crippen LogP contribution in [-0.2, 0) is 19.6 Å². The van der Waals surface area contributed by atoms with Gasteiger partial charge in [0.25, 0.3) is 5.78 Å². The van der Waals surface area contributed by atoms with E-state index < -0.39 is 15.3 Å². The fourth-order valence-electron chi connectivity index (χ4n) is 3.30. The van der Waals surface area contributed by atoms with Crippen LogP contribution in [0.1, 0.15) is 18.3 Å². The van der Waals surface area contributed by atoms with Crippen molar-refractivity contribution in [1.29, 1.82) is 0 Å². The van der Waals surface area contributed by atoms with Gasteiger partial charge in [0, 0.05) is 30.2 Å². The van der Waals surface area contributed by atoms with E-state index in [-0.39, 0.29) is 10.8 Å². The van der Waals surface area contributed by atoms with Crippen molar-refractivity contribution in [1.82, 2.24) is 23.9 Å². The normalized spacial score (nSPS) is 16.2. The van der Waals surface area contributed by atoms with Crippen LogP contribution < -0.4 is 5.32 Å². The number of aryl methyl sites for hydroxylation is 2.